The van der Waals surface area contributed by atoms with Gasteiger partial charge in [0.1, 0.15) is 12.0 Å². The molecule has 1 aromatic rings. The Balaban J connectivity index is 3.77. The van der Waals surface area contributed by atoms with E-state index in [1.807, 2.05) is 13.8 Å². The van der Waals surface area contributed by atoms with Crippen LogP contribution in [0.2, 0.25) is 0 Å². The van der Waals surface area contributed by atoms with Gasteiger partial charge in [-0.25, -0.2) is 0 Å². The molecule has 0 aliphatic carbocycles. The normalized spacial score (nSPS) is 13.2. The molecule has 0 unspecified atom stereocenters. The molecular formula is C20H30O2. The lowest BCUT2D eigenvalue weighted by Crippen LogP contribution is -2.19. The SMILES string of the molecule is CCOc1c(/C(C)=C\C=O)cc(C(C)(C)C)cc1C(C)(C)C. The van der Waals surface area contributed by atoms with Crippen LogP contribution in [0.15, 0.2) is 18.2 Å². The molecule has 0 saturated carbocycles. The number of carbonyl (C=O) groups excluding carboxylic acids is 1. The number of aldehydes is 1. The van der Waals surface area contributed by atoms with E-state index < -0.39 is 0 Å². The lowest BCUT2D eigenvalue weighted by atomic mass is 9.78. The zero-order valence-electron chi connectivity index (χ0n) is 15.3. The van der Waals surface area contributed by atoms with Gasteiger partial charge in [-0.2, -0.15) is 0 Å². The van der Waals surface area contributed by atoms with Gasteiger partial charge in [-0.05, 0) is 48.0 Å². The van der Waals surface area contributed by atoms with Crippen molar-refractivity contribution in [1.82, 2.24) is 0 Å². The first-order valence-electron chi connectivity index (χ1n) is 7.96. The van der Waals surface area contributed by atoms with Crippen LogP contribution in [0.3, 0.4) is 0 Å². The van der Waals surface area contributed by atoms with Gasteiger partial charge in [0.2, 0.25) is 0 Å². The van der Waals surface area contributed by atoms with Gasteiger partial charge in [-0.3, -0.25) is 4.79 Å². The lowest BCUT2D eigenvalue weighted by molar-refractivity contribution is -0.104. The zero-order chi connectivity index (χ0) is 17.1. The highest BCUT2D eigenvalue weighted by atomic mass is 16.5. The summed E-state index contributed by atoms with van der Waals surface area (Å²) in [5.41, 5.74) is 4.43. The van der Waals surface area contributed by atoms with E-state index in [0.717, 1.165) is 23.2 Å². The van der Waals surface area contributed by atoms with E-state index in [1.54, 1.807) is 6.08 Å². The summed E-state index contributed by atoms with van der Waals surface area (Å²) in [5, 5.41) is 0. The van der Waals surface area contributed by atoms with E-state index in [4.69, 9.17) is 4.74 Å². The monoisotopic (exact) mass is 302 g/mol. The number of rotatable bonds is 4. The van der Waals surface area contributed by atoms with Crippen LogP contribution in [0, 0.1) is 0 Å². The first-order chi connectivity index (χ1) is 10.0. The van der Waals surface area contributed by atoms with Crippen LogP contribution in [0.4, 0.5) is 0 Å². The van der Waals surface area contributed by atoms with E-state index in [-0.39, 0.29) is 10.8 Å². The molecule has 0 bridgehead atoms. The first kappa shape index (κ1) is 18.5. The average Bonchev–Trinajstić information content (AvgIpc) is 2.36. The third-order valence-electron chi connectivity index (χ3n) is 3.79. The Hall–Kier alpha value is -1.57. The summed E-state index contributed by atoms with van der Waals surface area (Å²) >= 11 is 0. The summed E-state index contributed by atoms with van der Waals surface area (Å²) in [7, 11) is 0. The fourth-order valence-corrected chi connectivity index (χ4v) is 2.40. The molecule has 0 fully saturated rings. The van der Waals surface area contributed by atoms with Crippen LogP contribution >= 0.6 is 0 Å². The molecule has 1 aromatic carbocycles. The van der Waals surface area contributed by atoms with E-state index in [2.05, 4.69) is 53.7 Å². The minimum atomic E-state index is -0.0258. The molecule has 0 spiro atoms. The van der Waals surface area contributed by atoms with Crippen LogP contribution in [-0.2, 0) is 15.6 Å². The van der Waals surface area contributed by atoms with Crippen molar-refractivity contribution < 1.29 is 9.53 Å². The van der Waals surface area contributed by atoms with Crippen LogP contribution in [0.25, 0.3) is 5.57 Å². The highest BCUT2D eigenvalue weighted by Crippen LogP contribution is 2.40. The van der Waals surface area contributed by atoms with Crippen LogP contribution in [0.1, 0.15) is 72.1 Å². The van der Waals surface area contributed by atoms with Crippen molar-refractivity contribution in [2.75, 3.05) is 6.61 Å². The Labute approximate surface area is 135 Å². The molecule has 2 nitrogen and oxygen atoms in total. The molecule has 1 rings (SSSR count). The topological polar surface area (TPSA) is 26.3 Å². The first-order valence-corrected chi connectivity index (χ1v) is 7.96. The van der Waals surface area contributed by atoms with Crippen molar-refractivity contribution in [3.8, 4) is 5.75 Å². The van der Waals surface area contributed by atoms with Gasteiger partial charge >= 0.3 is 0 Å². The van der Waals surface area contributed by atoms with Gasteiger partial charge in [-0.15, -0.1) is 0 Å². The van der Waals surface area contributed by atoms with Crippen molar-refractivity contribution in [1.29, 1.82) is 0 Å². The Morgan fingerprint density at radius 1 is 1.09 bits per heavy atom. The third kappa shape index (κ3) is 4.22. The minimum Gasteiger partial charge on any atom is -0.493 e. The van der Waals surface area contributed by atoms with Crippen molar-refractivity contribution in [3.05, 3.63) is 34.9 Å². The van der Waals surface area contributed by atoms with Crippen molar-refractivity contribution in [3.63, 3.8) is 0 Å². The summed E-state index contributed by atoms with van der Waals surface area (Å²) in [6.45, 7) is 17.8. The van der Waals surface area contributed by atoms with E-state index in [0.29, 0.717) is 6.61 Å². The summed E-state index contributed by atoms with van der Waals surface area (Å²) < 4.78 is 5.97. The summed E-state index contributed by atoms with van der Waals surface area (Å²) in [5.74, 6) is 0.901. The number of allylic oxidation sites excluding steroid dienone is 2. The number of hydrogen-bond acceptors (Lipinski definition) is 2. The summed E-state index contributed by atoms with van der Waals surface area (Å²) in [4.78, 5) is 10.9. The third-order valence-corrected chi connectivity index (χ3v) is 3.79. The van der Waals surface area contributed by atoms with Crippen LogP contribution in [0.5, 0.6) is 5.75 Å². The largest absolute Gasteiger partial charge is 0.493 e. The van der Waals surface area contributed by atoms with Crippen LogP contribution in [-0.4, -0.2) is 12.9 Å². The highest BCUT2D eigenvalue weighted by Gasteiger charge is 2.26. The molecule has 0 amide bonds. The average molecular weight is 302 g/mol. The lowest BCUT2D eigenvalue weighted by Gasteiger charge is -2.29. The van der Waals surface area contributed by atoms with Gasteiger partial charge in [0.15, 0.2) is 0 Å². The number of ether oxygens (including phenoxy) is 1. The fraction of sp³-hybridized carbons (Fsp3) is 0.550. The molecule has 0 atom stereocenters. The summed E-state index contributed by atoms with van der Waals surface area (Å²) in [6.07, 6.45) is 2.45. The second-order valence-electron chi connectivity index (χ2n) is 7.82. The van der Waals surface area contributed by atoms with Gasteiger partial charge in [0, 0.05) is 11.1 Å². The molecule has 0 saturated heterocycles. The van der Waals surface area contributed by atoms with Crippen molar-refractivity contribution in [2.45, 2.75) is 66.2 Å². The number of carbonyl (C=O) groups is 1. The predicted octanol–water partition coefficient (Wildman–Crippen LogP) is 5.28. The fourth-order valence-electron chi connectivity index (χ4n) is 2.40. The Bertz CT molecular complexity index is 567. The summed E-state index contributed by atoms with van der Waals surface area (Å²) in [6, 6.07) is 4.41. The molecule has 0 aromatic heterocycles. The molecule has 0 aliphatic rings. The maximum atomic E-state index is 10.9. The Kier molecular flexibility index (Phi) is 5.61. The molecule has 22 heavy (non-hydrogen) atoms. The van der Waals surface area contributed by atoms with Gasteiger partial charge in [0.05, 0.1) is 6.61 Å². The van der Waals surface area contributed by atoms with E-state index in [1.165, 1.54) is 11.1 Å². The smallest absolute Gasteiger partial charge is 0.143 e. The predicted molar refractivity (Wildman–Crippen MR) is 94.7 cm³/mol. The molecule has 0 aliphatic heterocycles. The maximum absolute atomic E-state index is 10.9. The van der Waals surface area contributed by atoms with Crippen LogP contribution < -0.4 is 4.74 Å². The maximum Gasteiger partial charge on any atom is 0.143 e. The van der Waals surface area contributed by atoms with E-state index >= 15 is 0 Å². The molecule has 122 valence electrons. The molecule has 0 N–H and O–H groups in total. The second kappa shape index (κ2) is 6.68. The standard InChI is InChI=1S/C20H30O2/c1-9-22-18-16(14(2)10-11-21)12-15(19(3,4)5)13-17(18)20(6,7)8/h10-13H,9H2,1-8H3/b14-10-. The highest BCUT2D eigenvalue weighted by molar-refractivity contribution is 5.83. The number of hydrogen-bond donors (Lipinski definition) is 0. The minimum absolute atomic E-state index is 0.0258. The van der Waals surface area contributed by atoms with Gasteiger partial charge in [0.25, 0.3) is 0 Å². The van der Waals surface area contributed by atoms with Crippen molar-refractivity contribution in [2.24, 2.45) is 0 Å². The number of benzene rings is 1. The van der Waals surface area contributed by atoms with E-state index in [9.17, 15) is 4.79 Å². The Morgan fingerprint density at radius 2 is 1.68 bits per heavy atom. The molecule has 0 heterocycles. The van der Waals surface area contributed by atoms with Gasteiger partial charge in [-0.1, -0.05) is 47.6 Å². The zero-order valence-corrected chi connectivity index (χ0v) is 15.3. The Morgan fingerprint density at radius 3 is 2.09 bits per heavy atom. The quantitative estimate of drug-likeness (QED) is 0.558. The molecular weight excluding hydrogens is 272 g/mol. The molecule has 2 heteroatoms. The van der Waals surface area contributed by atoms with Gasteiger partial charge < -0.3 is 4.74 Å². The second-order valence-corrected chi connectivity index (χ2v) is 7.82. The molecule has 0 radical (unpaired) electrons. The van der Waals surface area contributed by atoms with Crippen molar-refractivity contribution >= 4 is 11.9 Å².